The fraction of sp³-hybridized carbons (Fsp3) is 0.269. The van der Waals surface area contributed by atoms with Crippen molar-refractivity contribution in [2.24, 2.45) is 0 Å². The van der Waals surface area contributed by atoms with Crippen LogP contribution in [0.2, 0.25) is 0 Å². The number of carbonyl (C=O) groups excluding carboxylic acids is 1. The molecule has 160 valence electrons. The molecular formula is C26H24N4O2. The van der Waals surface area contributed by atoms with E-state index in [1.165, 1.54) is 0 Å². The van der Waals surface area contributed by atoms with E-state index in [9.17, 15) is 9.90 Å². The number of anilines is 1. The van der Waals surface area contributed by atoms with Crippen molar-refractivity contribution in [1.29, 1.82) is 5.26 Å². The number of hydrogen-bond donors (Lipinski definition) is 2. The van der Waals surface area contributed by atoms with Crippen molar-refractivity contribution in [1.82, 2.24) is 10.3 Å². The number of aromatic nitrogens is 1. The summed E-state index contributed by atoms with van der Waals surface area (Å²) in [4.78, 5) is 19.8. The number of pyridine rings is 1. The van der Waals surface area contributed by atoms with Crippen LogP contribution >= 0.6 is 0 Å². The molecule has 1 saturated carbocycles. The number of nitrogens with zero attached hydrogens (tertiary/aromatic N) is 3. The van der Waals surface area contributed by atoms with Gasteiger partial charge in [-0.15, -0.1) is 0 Å². The standard InChI is InChI=1S/C26H24N4O2/c27-16-17-7-9-18(10-8-17)19-14-22(21-4-1-2-6-24(21)31)29-25(15-19)30-13-3-5-23(30)26(32)28-20-11-12-20/h1-2,4,6-10,14-15,20,23,31H,3,5,11-13H2,(H,28,32)/t23-/m0/s1. The van der Waals surface area contributed by atoms with Crippen LogP contribution in [-0.4, -0.2) is 34.6 Å². The average molecular weight is 425 g/mol. The quantitative estimate of drug-likeness (QED) is 0.639. The lowest BCUT2D eigenvalue weighted by atomic mass is 10.0. The molecule has 0 bridgehead atoms. The first-order valence-corrected chi connectivity index (χ1v) is 11.0. The Balaban J connectivity index is 1.58. The number of phenols is 1. The number of nitriles is 1. The second-order valence-electron chi connectivity index (χ2n) is 8.44. The first-order chi connectivity index (χ1) is 15.6. The van der Waals surface area contributed by atoms with Gasteiger partial charge in [0, 0.05) is 18.2 Å². The monoisotopic (exact) mass is 424 g/mol. The minimum Gasteiger partial charge on any atom is -0.507 e. The maximum atomic E-state index is 12.9. The van der Waals surface area contributed by atoms with Crippen molar-refractivity contribution in [3.8, 4) is 34.2 Å². The predicted octanol–water partition coefficient (Wildman–Crippen LogP) is 4.24. The molecule has 1 saturated heterocycles. The molecule has 5 rings (SSSR count). The molecule has 1 aliphatic heterocycles. The Kier molecular flexibility index (Phi) is 5.24. The summed E-state index contributed by atoms with van der Waals surface area (Å²) in [5.41, 5.74) is 3.75. The number of benzene rings is 2. The van der Waals surface area contributed by atoms with E-state index in [1.54, 1.807) is 24.3 Å². The van der Waals surface area contributed by atoms with E-state index in [4.69, 9.17) is 10.2 Å². The molecule has 1 amide bonds. The minimum absolute atomic E-state index is 0.0692. The Bertz CT molecular complexity index is 1200. The lowest BCUT2D eigenvalue weighted by Crippen LogP contribution is -2.44. The minimum atomic E-state index is -0.239. The van der Waals surface area contributed by atoms with Crippen LogP contribution in [-0.2, 0) is 4.79 Å². The summed E-state index contributed by atoms with van der Waals surface area (Å²) >= 11 is 0. The molecule has 1 aliphatic carbocycles. The zero-order valence-corrected chi connectivity index (χ0v) is 17.7. The van der Waals surface area contributed by atoms with E-state index in [0.29, 0.717) is 22.9 Å². The molecule has 2 N–H and O–H groups in total. The molecule has 2 fully saturated rings. The van der Waals surface area contributed by atoms with Crippen LogP contribution in [0.15, 0.2) is 60.7 Å². The van der Waals surface area contributed by atoms with E-state index in [0.717, 1.165) is 49.2 Å². The van der Waals surface area contributed by atoms with E-state index in [-0.39, 0.29) is 17.7 Å². The Morgan fingerprint density at radius 2 is 1.84 bits per heavy atom. The van der Waals surface area contributed by atoms with Gasteiger partial charge in [-0.1, -0.05) is 24.3 Å². The van der Waals surface area contributed by atoms with Crippen molar-refractivity contribution >= 4 is 11.7 Å². The van der Waals surface area contributed by atoms with Crippen LogP contribution in [0.5, 0.6) is 5.75 Å². The van der Waals surface area contributed by atoms with E-state index in [1.807, 2.05) is 36.4 Å². The largest absolute Gasteiger partial charge is 0.507 e. The summed E-state index contributed by atoms with van der Waals surface area (Å²) in [5.74, 6) is 0.950. The molecular weight excluding hydrogens is 400 g/mol. The topological polar surface area (TPSA) is 89.2 Å². The highest BCUT2D eigenvalue weighted by molar-refractivity contribution is 5.87. The second kappa shape index (κ2) is 8.35. The van der Waals surface area contributed by atoms with Crippen LogP contribution in [0.3, 0.4) is 0 Å². The smallest absolute Gasteiger partial charge is 0.242 e. The molecule has 1 atom stereocenters. The number of amides is 1. The van der Waals surface area contributed by atoms with E-state index < -0.39 is 0 Å². The van der Waals surface area contributed by atoms with Crippen LogP contribution in [0.25, 0.3) is 22.4 Å². The van der Waals surface area contributed by atoms with Gasteiger partial charge in [0.1, 0.15) is 17.6 Å². The Morgan fingerprint density at radius 3 is 2.56 bits per heavy atom. The third-order valence-electron chi connectivity index (χ3n) is 6.11. The molecule has 6 heteroatoms. The highest BCUT2D eigenvalue weighted by atomic mass is 16.3. The third kappa shape index (κ3) is 4.02. The molecule has 6 nitrogen and oxygen atoms in total. The van der Waals surface area contributed by atoms with Gasteiger partial charge in [-0.05, 0) is 73.2 Å². The SMILES string of the molecule is N#Cc1ccc(-c2cc(-c3ccccc3O)nc(N3CCC[C@H]3C(=O)NC3CC3)c2)cc1. The number of rotatable bonds is 5. The maximum absolute atomic E-state index is 12.9. The molecule has 3 aromatic rings. The summed E-state index contributed by atoms with van der Waals surface area (Å²) in [6.45, 7) is 0.757. The molecule has 2 aliphatic rings. The summed E-state index contributed by atoms with van der Waals surface area (Å²) in [6.07, 6.45) is 3.84. The number of phenolic OH excluding ortho intramolecular Hbond substituents is 1. The van der Waals surface area contributed by atoms with Gasteiger partial charge >= 0.3 is 0 Å². The molecule has 0 radical (unpaired) electrons. The summed E-state index contributed by atoms with van der Waals surface area (Å²) in [6, 6.07) is 20.7. The van der Waals surface area contributed by atoms with Gasteiger partial charge in [-0.25, -0.2) is 4.98 Å². The van der Waals surface area contributed by atoms with Gasteiger partial charge in [-0.2, -0.15) is 5.26 Å². The fourth-order valence-electron chi connectivity index (χ4n) is 4.23. The van der Waals surface area contributed by atoms with E-state index in [2.05, 4.69) is 16.3 Å². The molecule has 2 heterocycles. The summed E-state index contributed by atoms with van der Waals surface area (Å²) in [7, 11) is 0. The van der Waals surface area contributed by atoms with Crippen LogP contribution < -0.4 is 10.2 Å². The third-order valence-corrected chi connectivity index (χ3v) is 6.11. The molecule has 0 spiro atoms. The van der Waals surface area contributed by atoms with Crippen LogP contribution in [0.1, 0.15) is 31.2 Å². The van der Waals surface area contributed by atoms with Gasteiger partial charge in [0.25, 0.3) is 0 Å². The number of carbonyl (C=O) groups is 1. The maximum Gasteiger partial charge on any atom is 0.242 e. The predicted molar refractivity (Wildman–Crippen MR) is 123 cm³/mol. The number of nitrogens with one attached hydrogen (secondary N) is 1. The van der Waals surface area contributed by atoms with Gasteiger partial charge in [0.05, 0.1) is 17.3 Å². The number of aromatic hydroxyl groups is 1. The molecule has 2 aromatic carbocycles. The normalized spacial score (nSPS) is 17.7. The zero-order chi connectivity index (χ0) is 22.1. The highest BCUT2D eigenvalue weighted by Gasteiger charge is 2.35. The fourth-order valence-corrected chi connectivity index (χ4v) is 4.23. The summed E-state index contributed by atoms with van der Waals surface area (Å²) < 4.78 is 0. The first kappa shape index (κ1) is 20.1. The van der Waals surface area contributed by atoms with Crippen molar-refractivity contribution < 1.29 is 9.90 Å². The molecule has 0 unspecified atom stereocenters. The number of para-hydroxylation sites is 1. The molecule has 1 aromatic heterocycles. The van der Waals surface area contributed by atoms with Gasteiger partial charge in [0.2, 0.25) is 5.91 Å². The molecule has 32 heavy (non-hydrogen) atoms. The Morgan fingerprint density at radius 1 is 1.06 bits per heavy atom. The van der Waals surface area contributed by atoms with Crippen molar-refractivity contribution in [2.75, 3.05) is 11.4 Å². The van der Waals surface area contributed by atoms with Gasteiger partial charge in [-0.3, -0.25) is 4.79 Å². The zero-order valence-electron chi connectivity index (χ0n) is 17.7. The van der Waals surface area contributed by atoms with Crippen LogP contribution in [0, 0.1) is 11.3 Å². The van der Waals surface area contributed by atoms with Gasteiger partial charge < -0.3 is 15.3 Å². The summed E-state index contributed by atoms with van der Waals surface area (Å²) in [5, 5.41) is 22.7. The van der Waals surface area contributed by atoms with Crippen molar-refractivity contribution in [3.63, 3.8) is 0 Å². The first-order valence-electron chi connectivity index (χ1n) is 11.0. The van der Waals surface area contributed by atoms with Crippen molar-refractivity contribution in [3.05, 3.63) is 66.2 Å². The second-order valence-corrected chi connectivity index (χ2v) is 8.44. The highest BCUT2D eigenvalue weighted by Crippen LogP contribution is 2.35. The van der Waals surface area contributed by atoms with E-state index >= 15 is 0 Å². The lowest BCUT2D eigenvalue weighted by Gasteiger charge is -2.26. The van der Waals surface area contributed by atoms with Crippen LogP contribution in [0.4, 0.5) is 5.82 Å². The average Bonchev–Trinajstić information content (AvgIpc) is 3.50. The van der Waals surface area contributed by atoms with Gasteiger partial charge in [0.15, 0.2) is 0 Å². The number of hydrogen-bond acceptors (Lipinski definition) is 5. The van der Waals surface area contributed by atoms with Crippen molar-refractivity contribution in [2.45, 2.75) is 37.8 Å². The Hall–Kier alpha value is -3.85. The Labute approximate surface area is 187 Å². The lowest BCUT2D eigenvalue weighted by molar-refractivity contribution is -0.122.